The SMILES string of the molecule is COC(=O)C[C@H](NC(=O)c1cc(C)nc2c1c(C)nn2C)c1ccccc1. The summed E-state index contributed by atoms with van der Waals surface area (Å²) in [6, 6.07) is 10.6. The molecule has 0 saturated carbocycles. The Morgan fingerprint density at radius 1 is 1.22 bits per heavy atom. The lowest BCUT2D eigenvalue weighted by molar-refractivity contribution is -0.141. The van der Waals surface area contributed by atoms with Crippen LogP contribution in [-0.2, 0) is 16.6 Å². The molecular weight excluding hydrogens is 344 g/mol. The summed E-state index contributed by atoms with van der Waals surface area (Å²) < 4.78 is 6.45. The number of amides is 1. The van der Waals surface area contributed by atoms with E-state index < -0.39 is 12.0 Å². The maximum Gasteiger partial charge on any atom is 0.307 e. The van der Waals surface area contributed by atoms with Crippen molar-refractivity contribution in [3.8, 4) is 0 Å². The monoisotopic (exact) mass is 366 g/mol. The summed E-state index contributed by atoms with van der Waals surface area (Å²) >= 11 is 0. The molecule has 27 heavy (non-hydrogen) atoms. The van der Waals surface area contributed by atoms with Crippen LogP contribution in [0.4, 0.5) is 0 Å². The molecule has 2 aromatic heterocycles. The van der Waals surface area contributed by atoms with E-state index in [9.17, 15) is 9.59 Å². The maximum atomic E-state index is 13.1. The van der Waals surface area contributed by atoms with Crippen molar-refractivity contribution >= 4 is 22.9 Å². The van der Waals surface area contributed by atoms with E-state index in [0.29, 0.717) is 16.6 Å². The predicted octanol–water partition coefficient (Wildman–Crippen LogP) is 2.62. The molecule has 0 aliphatic heterocycles. The Labute approximate surface area is 157 Å². The summed E-state index contributed by atoms with van der Waals surface area (Å²) in [7, 11) is 3.13. The molecule has 0 aliphatic carbocycles. The van der Waals surface area contributed by atoms with E-state index in [4.69, 9.17) is 4.74 Å². The zero-order valence-electron chi connectivity index (χ0n) is 15.8. The smallest absolute Gasteiger partial charge is 0.307 e. The molecule has 3 aromatic rings. The summed E-state index contributed by atoms with van der Waals surface area (Å²) in [5.74, 6) is -0.669. The van der Waals surface area contributed by atoms with Gasteiger partial charge in [-0.15, -0.1) is 0 Å². The average Bonchev–Trinajstić information content (AvgIpc) is 2.94. The van der Waals surface area contributed by atoms with Gasteiger partial charge in [0.05, 0.1) is 36.2 Å². The first-order valence-electron chi connectivity index (χ1n) is 8.64. The van der Waals surface area contributed by atoms with Gasteiger partial charge in [-0.2, -0.15) is 5.10 Å². The van der Waals surface area contributed by atoms with Gasteiger partial charge >= 0.3 is 5.97 Å². The summed E-state index contributed by atoms with van der Waals surface area (Å²) in [6.07, 6.45) is 0.0471. The predicted molar refractivity (Wildman–Crippen MR) is 101 cm³/mol. The molecule has 1 N–H and O–H groups in total. The first kappa shape index (κ1) is 18.6. The van der Waals surface area contributed by atoms with E-state index in [1.165, 1.54) is 7.11 Å². The van der Waals surface area contributed by atoms with E-state index in [0.717, 1.165) is 17.0 Å². The van der Waals surface area contributed by atoms with Crippen molar-refractivity contribution in [1.82, 2.24) is 20.1 Å². The van der Waals surface area contributed by atoms with Crippen molar-refractivity contribution in [1.29, 1.82) is 0 Å². The highest BCUT2D eigenvalue weighted by atomic mass is 16.5. The van der Waals surface area contributed by atoms with Gasteiger partial charge in [0.1, 0.15) is 0 Å². The molecule has 1 aromatic carbocycles. The largest absolute Gasteiger partial charge is 0.469 e. The molecule has 7 heteroatoms. The number of carbonyl (C=O) groups is 2. The number of nitrogens with zero attached hydrogens (tertiary/aromatic N) is 3. The summed E-state index contributed by atoms with van der Waals surface area (Å²) in [4.78, 5) is 29.4. The molecule has 3 rings (SSSR count). The van der Waals surface area contributed by atoms with Crippen molar-refractivity contribution in [2.75, 3.05) is 7.11 Å². The van der Waals surface area contributed by atoms with E-state index in [1.807, 2.05) is 44.2 Å². The zero-order chi connectivity index (χ0) is 19.6. The van der Waals surface area contributed by atoms with Gasteiger partial charge < -0.3 is 10.1 Å². The number of nitrogens with one attached hydrogen (secondary N) is 1. The Morgan fingerprint density at radius 2 is 1.93 bits per heavy atom. The number of pyridine rings is 1. The number of hydrogen-bond donors (Lipinski definition) is 1. The highest BCUT2D eigenvalue weighted by Gasteiger charge is 2.23. The number of esters is 1. The molecule has 2 heterocycles. The number of aryl methyl sites for hydroxylation is 3. The van der Waals surface area contributed by atoms with Crippen LogP contribution in [0.1, 0.15) is 39.8 Å². The fourth-order valence-corrected chi connectivity index (χ4v) is 3.17. The zero-order valence-corrected chi connectivity index (χ0v) is 15.8. The third-order valence-corrected chi connectivity index (χ3v) is 4.45. The highest BCUT2D eigenvalue weighted by molar-refractivity contribution is 6.06. The quantitative estimate of drug-likeness (QED) is 0.702. The van der Waals surface area contributed by atoms with Gasteiger partial charge in [-0.25, -0.2) is 4.98 Å². The number of aromatic nitrogens is 3. The molecule has 1 atom stereocenters. The molecule has 0 unspecified atom stereocenters. The topological polar surface area (TPSA) is 86.1 Å². The van der Waals surface area contributed by atoms with Crippen LogP contribution in [0.5, 0.6) is 0 Å². The van der Waals surface area contributed by atoms with Gasteiger partial charge in [-0.3, -0.25) is 14.3 Å². The van der Waals surface area contributed by atoms with Crippen molar-refractivity contribution in [3.63, 3.8) is 0 Å². The molecule has 0 fully saturated rings. The summed E-state index contributed by atoms with van der Waals surface area (Å²) in [6.45, 7) is 3.68. The van der Waals surface area contributed by atoms with Gasteiger partial charge in [-0.05, 0) is 25.5 Å². The van der Waals surface area contributed by atoms with Crippen LogP contribution in [0.3, 0.4) is 0 Å². The van der Waals surface area contributed by atoms with Gasteiger partial charge in [0.25, 0.3) is 5.91 Å². The number of hydrogen-bond acceptors (Lipinski definition) is 5. The Bertz CT molecular complexity index is 995. The molecular formula is C20H22N4O3. The van der Waals surface area contributed by atoms with Crippen LogP contribution in [0.2, 0.25) is 0 Å². The Morgan fingerprint density at radius 3 is 2.59 bits per heavy atom. The van der Waals surface area contributed by atoms with Crippen molar-refractivity contribution in [3.05, 3.63) is 58.9 Å². The molecule has 7 nitrogen and oxygen atoms in total. The molecule has 140 valence electrons. The van der Waals surface area contributed by atoms with Gasteiger partial charge in [0, 0.05) is 12.7 Å². The number of benzene rings is 1. The van der Waals surface area contributed by atoms with Crippen LogP contribution >= 0.6 is 0 Å². The first-order valence-corrected chi connectivity index (χ1v) is 8.64. The number of ether oxygens (including phenoxy) is 1. The minimum absolute atomic E-state index is 0.0471. The van der Waals surface area contributed by atoms with E-state index >= 15 is 0 Å². The van der Waals surface area contributed by atoms with Gasteiger partial charge in [0.15, 0.2) is 5.65 Å². The first-order chi connectivity index (χ1) is 12.9. The standard InChI is InChI=1S/C20H22N4O3/c1-12-10-15(18-13(2)23-24(3)19(18)21-12)20(26)22-16(11-17(25)27-4)14-8-6-5-7-9-14/h5-10,16H,11H2,1-4H3,(H,22,26)/t16-/m0/s1. The average molecular weight is 366 g/mol. The summed E-state index contributed by atoms with van der Waals surface area (Å²) in [5, 5.41) is 8.05. The van der Waals surface area contributed by atoms with Gasteiger partial charge in [-0.1, -0.05) is 30.3 Å². The molecule has 0 radical (unpaired) electrons. The number of rotatable bonds is 5. The molecule has 0 spiro atoms. The second-order valence-electron chi connectivity index (χ2n) is 6.44. The van der Waals surface area contributed by atoms with Crippen molar-refractivity contribution in [2.45, 2.75) is 26.3 Å². The number of fused-ring (bicyclic) bond motifs is 1. The van der Waals surface area contributed by atoms with Crippen LogP contribution < -0.4 is 5.32 Å². The third kappa shape index (κ3) is 3.81. The van der Waals surface area contributed by atoms with E-state index in [2.05, 4.69) is 15.4 Å². The summed E-state index contributed by atoms with van der Waals surface area (Å²) in [5.41, 5.74) is 3.44. The minimum Gasteiger partial charge on any atom is -0.469 e. The van der Waals surface area contributed by atoms with Crippen LogP contribution in [0.25, 0.3) is 11.0 Å². The fourth-order valence-electron chi connectivity index (χ4n) is 3.17. The van der Waals surface area contributed by atoms with Gasteiger partial charge in [0.2, 0.25) is 0 Å². The lowest BCUT2D eigenvalue weighted by Gasteiger charge is -2.19. The third-order valence-electron chi connectivity index (χ3n) is 4.45. The normalized spacial score (nSPS) is 12.0. The van der Waals surface area contributed by atoms with Crippen LogP contribution in [-0.4, -0.2) is 33.8 Å². The van der Waals surface area contributed by atoms with Crippen LogP contribution in [0, 0.1) is 13.8 Å². The van der Waals surface area contributed by atoms with Crippen molar-refractivity contribution in [2.24, 2.45) is 7.05 Å². The highest BCUT2D eigenvalue weighted by Crippen LogP contribution is 2.24. The second-order valence-corrected chi connectivity index (χ2v) is 6.44. The fraction of sp³-hybridized carbons (Fsp3) is 0.300. The molecule has 1 amide bonds. The number of carbonyl (C=O) groups excluding carboxylic acids is 2. The lowest BCUT2D eigenvalue weighted by Crippen LogP contribution is -2.30. The van der Waals surface area contributed by atoms with Crippen molar-refractivity contribution < 1.29 is 14.3 Å². The second kappa shape index (κ2) is 7.57. The minimum atomic E-state index is -0.494. The Kier molecular flexibility index (Phi) is 5.21. The molecule has 0 aliphatic rings. The Hall–Kier alpha value is -3.22. The Balaban J connectivity index is 1.99. The van der Waals surface area contributed by atoms with Crippen LogP contribution in [0.15, 0.2) is 36.4 Å². The maximum absolute atomic E-state index is 13.1. The lowest BCUT2D eigenvalue weighted by atomic mass is 10.0. The molecule has 0 bridgehead atoms. The van der Waals surface area contributed by atoms with E-state index in [-0.39, 0.29) is 12.3 Å². The number of methoxy groups -OCH3 is 1. The van der Waals surface area contributed by atoms with E-state index in [1.54, 1.807) is 17.8 Å². The molecule has 0 saturated heterocycles.